The zero-order chi connectivity index (χ0) is 14.0. The first-order valence-corrected chi connectivity index (χ1v) is 7.35. The van der Waals surface area contributed by atoms with E-state index >= 15 is 0 Å². The average Bonchev–Trinajstić information content (AvgIpc) is 2.97. The quantitative estimate of drug-likeness (QED) is 0.850. The van der Waals surface area contributed by atoms with E-state index < -0.39 is 11.9 Å². The minimum absolute atomic E-state index is 0.424. The van der Waals surface area contributed by atoms with Gasteiger partial charge in [0.2, 0.25) is 0 Å². The summed E-state index contributed by atoms with van der Waals surface area (Å²) in [7, 11) is 0. The summed E-state index contributed by atoms with van der Waals surface area (Å²) in [5, 5.41) is 1.59. The predicted octanol–water partition coefficient (Wildman–Crippen LogP) is 3.08. The largest absolute Gasteiger partial charge is 0.434 e. The van der Waals surface area contributed by atoms with Gasteiger partial charge in [0.1, 0.15) is 0 Å². The Morgan fingerprint density at radius 1 is 1.42 bits per heavy atom. The van der Waals surface area contributed by atoms with Crippen LogP contribution in [0.1, 0.15) is 26.0 Å². The number of thiazole rings is 1. The fraction of sp³-hybridized carbons (Fsp3) is 0.750. The minimum Gasteiger partial charge on any atom is -0.346 e. The van der Waals surface area contributed by atoms with Crippen LogP contribution in [-0.4, -0.2) is 42.1 Å². The lowest BCUT2D eigenvalue weighted by Gasteiger charge is -2.25. The Hall–Kier alpha value is -0.820. The lowest BCUT2D eigenvalue weighted by Crippen LogP contribution is -2.37. The third-order valence-corrected chi connectivity index (χ3v) is 4.45. The van der Waals surface area contributed by atoms with E-state index in [9.17, 15) is 13.2 Å². The van der Waals surface area contributed by atoms with Gasteiger partial charge in [0.05, 0.1) is 0 Å². The maximum Gasteiger partial charge on any atom is 0.434 e. The highest BCUT2D eigenvalue weighted by Gasteiger charge is 2.35. The Bertz CT molecular complexity index is 415. The van der Waals surface area contributed by atoms with Crippen molar-refractivity contribution in [1.82, 2.24) is 9.88 Å². The van der Waals surface area contributed by atoms with Gasteiger partial charge in [-0.15, -0.1) is 11.3 Å². The lowest BCUT2D eigenvalue weighted by atomic mass is 10.2. The summed E-state index contributed by atoms with van der Waals surface area (Å²) in [6, 6.07) is 0.424. The van der Waals surface area contributed by atoms with Crippen molar-refractivity contribution in [2.75, 3.05) is 31.1 Å². The second-order valence-electron chi connectivity index (χ2n) is 4.62. The average molecular weight is 293 g/mol. The molecule has 19 heavy (non-hydrogen) atoms. The Morgan fingerprint density at radius 3 is 2.63 bits per heavy atom. The molecule has 0 radical (unpaired) electrons. The highest BCUT2D eigenvalue weighted by molar-refractivity contribution is 7.13. The van der Waals surface area contributed by atoms with E-state index in [1.807, 2.05) is 4.90 Å². The molecule has 108 valence electrons. The maximum absolute atomic E-state index is 12.5. The molecule has 1 aliphatic rings. The molecule has 1 aromatic heterocycles. The molecule has 0 aliphatic carbocycles. The van der Waals surface area contributed by atoms with Crippen LogP contribution in [-0.2, 0) is 6.18 Å². The number of alkyl halides is 3. The van der Waals surface area contributed by atoms with Gasteiger partial charge in [0, 0.05) is 24.5 Å². The summed E-state index contributed by atoms with van der Waals surface area (Å²) in [4.78, 5) is 8.02. The van der Waals surface area contributed by atoms with Crippen molar-refractivity contribution in [3.63, 3.8) is 0 Å². The molecule has 0 bridgehead atoms. The van der Waals surface area contributed by atoms with Gasteiger partial charge < -0.3 is 4.90 Å². The molecular formula is C12H18F3N3S. The molecule has 3 nitrogen and oxygen atoms in total. The van der Waals surface area contributed by atoms with Gasteiger partial charge in [0.25, 0.3) is 0 Å². The van der Waals surface area contributed by atoms with Crippen molar-refractivity contribution in [3.05, 3.63) is 11.1 Å². The van der Waals surface area contributed by atoms with E-state index in [0.29, 0.717) is 11.2 Å². The number of aromatic nitrogens is 1. The van der Waals surface area contributed by atoms with Gasteiger partial charge in [0.15, 0.2) is 10.8 Å². The van der Waals surface area contributed by atoms with Gasteiger partial charge in [-0.25, -0.2) is 4.98 Å². The Kier molecular flexibility index (Phi) is 4.35. The van der Waals surface area contributed by atoms with Gasteiger partial charge in [-0.05, 0) is 19.5 Å². The number of halogens is 3. The number of hydrogen-bond acceptors (Lipinski definition) is 4. The number of nitrogens with zero attached hydrogens (tertiary/aromatic N) is 3. The summed E-state index contributed by atoms with van der Waals surface area (Å²) < 4.78 is 37.6. The molecule has 1 saturated heterocycles. The summed E-state index contributed by atoms with van der Waals surface area (Å²) in [5.41, 5.74) is -0.779. The Balaban J connectivity index is 2.03. The molecule has 1 atom stereocenters. The summed E-state index contributed by atoms with van der Waals surface area (Å²) in [5.74, 6) is 0. The predicted molar refractivity (Wildman–Crippen MR) is 70.7 cm³/mol. The molecule has 1 aromatic rings. The molecule has 1 fully saturated rings. The molecule has 0 aromatic carbocycles. The van der Waals surface area contributed by atoms with E-state index in [0.717, 1.165) is 49.3 Å². The second-order valence-corrected chi connectivity index (χ2v) is 5.46. The zero-order valence-corrected chi connectivity index (χ0v) is 11.9. The number of anilines is 1. The molecule has 1 unspecified atom stereocenters. The van der Waals surface area contributed by atoms with Crippen LogP contribution in [0.3, 0.4) is 0 Å². The van der Waals surface area contributed by atoms with E-state index in [2.05, 4.69) is 23.7 Å². The van der Waals surface area contributed by atoms with Gasteiger partial charge in [-0.3, -0.25) is 4.90 Å². The van der Waals surface area contributed by atoms with Gasteiger partial charge >= 0.3 is 6.18 Å². The highest BCUT2D eigenvalue weighted by Crippen LogP contribution is 2.34. The van der Waals surface area contributed by atoms with Gasteiger partial charge in [-0.2, -0.15) is 13.2 Å². The SMILES string of the molecule is CCN(CC)C1CCN(c2nc(C(F)(F)F)cs2)C1. The monoisotopic (exact) mass is 293 g/mol. The van der Waals surface area contributed by atoms with Crippen molar-refractivity contribution in [2.24, 2.45) is 0 Å². The lowest BCUT2D eigenvalue weighted by molar-refractivity contribution is -0.140. The van der Waals surface area contributed by atoms with Crippen LogP contribution >= 0.6 is 11.3 Å². The molecular weight excluding hydrogens is 275 g/mol. The van der Waals surface area contributed by atoms with Crippen molar-refractivity contribution in [2.45, 2.75) is 32.5 Å². The summed E-state index contributed by atoms with van der Waals surface area (Å²) in [6.45, 7) is 7.72. The van der Waals surface area contributed by atoms with E-state index in [1.165, 1.54) is 0 Å². The van der Waals surface area contributed by atoms with Crippen LogP contribution in [0.2, 0.25) is 0 Å². The Labute approximate surface area is 115 Å². The van der Waals surface area contributed by atoms with Gasteiger partial charge in [-0.1, -0.05) is 13.8 Å². The van der Waals surface area contributed by atoms with Crippen LogP contribution in [0.5, 0.6) is 0 Å². The molecule has 7 heteroatoms. The van der Waals surface area contributed by atoms with E-state index in [4.69, 9.17) is 0 Å². The smallest absolute Gasteiger partial charge is 0.346 e. The molecule has 1 aliphatic heterocycles. The normalized spacial score (nSPS) is 20.5. The number of hydrogen-bond donors (Lipinski definition) is 0. The Morgan fingerprint density at radius 2 is 2.11 bits per heavy atom. The van der Waals surface area contributed by atoms with Crippen LogP contribution in [0.25, 0.3) is 0 Å². The first-order chi connectivity index (χ1) is 8.95. The highest BCUT2D eigenvalue weighted by atomic mass is 32.1. The van der Waals surface area contributed by atoms with E-state index in [1.54, 1.807) is 0 Å². The maximum atomic E-state index is 12.5. The fourth-order valence-corrected chi connectivity index (χ4v) is 3.36. The third-order valence-electron chi connectivity index (χ3n) is 3.55. The molecule has 2 heterocycles. The second kappa shape index (κ2) is 5.66. The first kappa shape index (κ1) is 14.6. The van der Waals surface area contributed by atoms with Crippen molar-refractivity contribution in [1.29, 1.82) is 0 Å². The van der Waals surface area contributed by atoms with Crippen molar-refractivity contribution >= 4 is 16.5 Å². The van der Waals surface area contributed by atoms with Crippen molar-refractivity contribution < 1.29 is 13.2 Å². The minimum atomic E-state index is -4.34. The van der Waals surface area contributed by atoms with Crippen LogP contribution in [0.15, 0.2) is 5.38 Å². The topological polar surface area (TPSA) is 19.4 Å². The summed E-state index contributed by atoms with van der Waals surface area (Å²) in [6.07, 6.45) is -3.35. The molecule has 0 N–H and O–H groups in total. The van der Waals surface area contributed by atoms with E-state index in [-0.39, 0.29) is 0 Å². The van der Waals surface area contributed by atoms with Crippen LogP contribution in [0, 0.1) is 0 Å². The number of likely N-dealkylation sites (N-methyl/N-ethyl adjacent to an activating group) is 1. The molecule has 0 saturated carbocycles. The van der Waals surface area contributed by atoms with Crippen molar-refractivity contribution in [3.8, 4) is 0 Å². The molecule has 0 amide bonds. The third kappa shape index (κ3) is 3.20. The zero-order valence-electron chi connectivity index (χ0n) is 11.1. The van der Waals surface area contributed by atoms with Crippen LogP contribution in [0.4, 0.5) is 18.3 Å². The molecule has 0 spiro atoms. The molecule has 2 rings (SSSR count). The van der Waals surface area contributed by atoms with Crippen LogP contribution < -0.4 is 4.90 Å². The summed E-state index contributed by atoms with van der Waals surface area (Å²) >= 11 is 1.08. The first-order valence-electron chi connectivity index (χ1n) is 6.47. The standard InChI is InChI=1S/C12H18F3N3S/c1-3-17(4-2)9-5-6-18(7-9)11-16-10(8-19-11)12(13,14)15/h8-9H,3-7H2,1-2H3. The number of rotatable bonds is 4. The fourth-order valence-electron chi connectivity index (χ4n) is 2.49.